The van der Waals surface area contributed by atoms with Crippen LogP contribution in [0.25, 0.3) is 0 Å². The van der Waals surface area contributed by atoms with Crippen LogP contribution in [0.5, 0.6) is 0 Å². The van der Waals surface area contributed by atoms with Gasteiger partial charge in [-0.25, -0.2) is 14.4 Å². The molecule has 6 N–H and O–H groups in total. The highest BCUT2D eigenvalue weighted by Crippen LogP contribution is 2.22. The van der Waals surface area contributed by atoms with Crippen molar-refractivity contribution in [3.05, 3.63) is 0 Å². The van der Waals surface area contributed by atoms with E-state index in [1.807, 2.05) is 0 Å². The van der Waals surface area contributed by atoms with Gasteiger partial charge in [0.2, 0.25) is 0 Å². The largest absolute Gasteiger partial charge is 0.335 e. The molecular formula is C27H48N6O3. The lowest BCUT2D eigenvalue weighted by molar-refractivity contribution is 0.210. The standard InChI is InChI=1S/C27H48N6O3/c34-25(28-19-7-3-1-4-8-19)30-21-11-15-23(16-12-21)32-27(36)33-24-17-13-22(14-18-24)31-26(35)29-20-9-5-2-6-10-20/h19-24H,1-18H2,(H2,28,30,34)(H2,29,31,35)(H2,32,33,36)/t21-,22-,23-,24-. The summed E-state index contributed by atoms with van der Waals surface area (Å²) >= 11 is 0. The molecule has 4 fully saturated rings. The monoisotopic (exact) mass is 504 g/mol. The van der Waals surface area contributed by atoms with E-state index in [2.05, 4.69) is 31.9 Å². The summed E-state index contributed by atoms with van der Waals surface area (Å²) in [4.78, 5) is 37.2. The molecule has 0 spiro atoms. The van der Waals surface area contributed by atoms with E-state index >= 15 is 0 Å². The maximum absolute atomic E-state index is 12.6. The van der Waals surface area contributed by atoms with Crippen molar-refractivity contribution in [2.75, 3.05) is 0 Å². The van der Waals surface area contributed by atoms with E-state index in [0.717, 1.165) is 77.0 Å². The molecule has 0 saturated heterocycles. The summed E-state index contributed by atoms with van der Waals surface area (Å²) in [7, 11) is 0. The van der Waals surface area contributed by atoms with Crippen LogP contribution < -0.4 is 31.9 Å². The molecule has 0 atom stereocenters. The average molecular weight is 505 g/mol. The van der Waals surface area contributed by atoms with Crippen molar-refractivity contribution >= 4 is 18.1 Å². The fourth-order valence-electron chi connectivity index (χ4n) is 6.50. The smallest absolute Gasteiger partial charge is 0.315 e. The Hall–Kier alpha value is -2.19. The van der Waals surface area contributed by atoms with Crippen LogP contribution in [0.4, 0.5) is 14.4 Å². The van der Waals surface area contributed by atoms with E-state index in [4.69, 9.17) is 0 Å². The topological polar surface area (TPSA) is 123 Å². The van der Waals surface area contributed by atoms with Crippen molar-refractivity contribution in [3.63, 3.8) is 0 Å². The van der Waals surface area contributed by atoms with Gasteiger partial charge in [0, 0.05) is 36.3 Å². The molecule has 9 heteroatoms. The van der Waals surface area contributed by atoms with E-state index < -0.39 is 0 Å². The quantitative estimate of drug-likeness (QED) is 0.325. The predicted molar refractivity (Wildman–Crippen MR) is 141 cm³/mol. The third kappa shape index (κ3) is 9.04. The van der Waals surface area contributed by atoms with Gasteiger partial charge in [-0.15, -0.1) is 0 Å². The lowest BCUT2D eigenvalue weighted by atomic mass is 9.90. The molecule has 0 heterocycles. The van der Waals surface area contributed by atoms with Gasteiger partial charge in [0.15, 0.2) is 0 Å². The number of hydrogen-bond acceptors (Lipinski definition) is 3. The Labute approximate surface area is 216 Å². The molecule has 36 heavy (non-hydrogen) atoms. The summed E-state index contributed by atoms with van der Waals surface area (Å²) in [6, 6.07) is 1.18. The number of hydrogen-bond donors (Lipinski definition) is 6. The van der Waals surface area contributed by atoms with Crippen LogP contribution in [0.2, 0.25) is 0 Å². The Morgan fingerprint density at radius 1 is 0.306 bits per heavy atom. The third-order valence-electron chi connectivity index (χ3n) is 8.68. The first-order valence-electron chi connectivity index (χ1n) is 14.7. The first-order valence-corrected chi connectivity index (χ1v) is 14.7. The number of urea groups is 3. The maximum Gasteiger partial charge on any atom is 0.315 e. The van der Waals surface area contributed by atoms with Crippen LogP contribution in [-0.4, -0.2) is 54.3 Å². The van der Waals surface area contributed by atoms with Crippen LogP contribution in [0.15, 0.2) is 0 Å². The molecule has 4 saturated carbocycles. The van der Waals surface area contributed by atoms with Gasteiger partial charge in [-0.05, 0) is 77.0 Å². The summed E-state index contributed by atoms with van der Waals surface area (Å²) in [5.74, 6) is 0. The van der Waals surface area contributed by atoms with Gasteiger partial charge in [-0.1, -0.05) is 38.5 Å². The van der Waals surface area contributed by atoms with Gasteiger partial charge in [-0.2, -0.15) is 0 Å². The molecular weight excluding hydrogens is 456 g/mol. The van der Waals surface area contributed by atoms with Gasteiger partial charge in [0.25, 0.3) is 0 Å². The van der Waals surface area contributed by atoms with Crippen molar-refractivity contribution in [1.29, 1.82) is 0 Å². The Morgan fingerprint density at radius 2 is 0.500 bits per heavy atom. The molecule has 0 aliphatic heterocycles. The lowest BCUT2D eigenvalue weighted by Gasteiger charge is -2.33. The number of nitrogens with one attached hydrogen (secondary N) is 6. The first-order chi connectivity index (χ1) is 17.5. The van der Waals surface area contributed by atoms with E-state index in [1.165, 1.54) is 38.5 Å². The van der Waals surface area contributed by atoms with E-state index in [0.29, 0.717) is 12.1 Å². The van der Waals surface area contributed by atoms with Gasteiger partial charge >= 0.3 is 18.1 Å². The van der Waals surface area contributed by atoms with E-state index in [1.54, 1.807) is 0 Å². The minimum Gasteiger partial charge on any atom is -0.335 e. The molecule has 0 bridgehead atoms. The minimum atomic E-state index is -0.0899. The van der Waals surface area contributed by atoms with Crippen LogP contribution >= 0.6 is 0 Å². The molecule has 4 rings (SSSR count). The normalized spacial score (nSPS) is 30.0. The predicted octanol–water partition coefficient (Wildman–Crippen LogP) is 4.17. The zero-order valence-corrected chi connectivity index (χ0v) is 21.9. The molecule has 0 unspecified atom stereocenters. The molecule has 9 nitrogen and oxygen atoms in total. The Balaban J connectivity index is 1.05. The van der Waals surface area contributed by atoms with Gasteiger partial charge in [0.05, 0.1) is 0 Å². The first kappa shape index (κ1) is 26.9. The van der Waals surface area contributed by atoms with Crippen molar-refractivity contribution in [2.45, 2.75) is 152 Å². The number of amides is 6. The zero-order valence-electron chi connectivity index (χ0n) is 21.9. The molecule has 4 aliphatic carbocycles. The fraction of sp³-hybridized carbons (Fsp3) is 0.889. The van der Waals surface area contributed by atoms with Crippen LogP contribution in [-0.2, 0) is 0 Å². The minimum absolute atomic E-state index is 0.0346. The van der Waals surface area contributed by atoms with E-state index in [-0.39, 0.29) is 42.3 Å². The lowest BCUT2D eigenvalue weighted by Crippen LogP contribution is -2.52. The Morgan fingerprint density at radius 3 is 0.722 bits per heavy atom. The summed E-state index contributed by atoms with van der Waals surface area (Å²) in [6.07, 6.45) is 18.9. The van der Waals surface area contributed by atoms with Crippen molar-refractivity contribution in [3.8, 4) is 0 Å². The molecule has 0 aromatic rings. The zero-order chi connectivity index (χ0) is 25.2. The van der Waals surface area contributed by atoms with Crippen LogP contribution in [0.1, 0.15) is 116 Å². The van der Waals surface area contributed by atoms with Gasteiger partial charge in [-0.3, -0.25) is 0 Å². The van der Waals surface area contributed by atoms with Crippen molar-refractivity contribution < 1.29 is 14.4 Å². The second-order valence-corrected chi connectivity index (χ2v) is 11.6. The average Bonchev–Trinajstić information content (AvgIpc) is 2.87. The third-order valence-corrected chi connectivity index (χ3v) is 8.68. The Kier molecular flexibility index (Phi) is 10.4. The maximum atomic E-state index is 12.6. The highest BCUT2D eigenvalue weighted by molar-refractivity contribution is 5.75. The molecule has 0 aromatic heterocycles. The van der Waals surface area contributed by atoms with E-state index in [9.17, 15) is 14.4 Å². The number of rotatable bonds is 6. The summed E-state index contributed by atoms with van der Waals surface area (Å²) in [6.45, 7) is 0. The molecule has 6 amide bonds. The summed E-state index contributed by atoms with van der Waals surface area (Å²) in [5, 5.41) is 18.8. The summed E-state index contributed by atoms with van der Waals surface area (Å²) < 4.78 is 0. The van der Waals surface area contributed by atoms with Gasteiger partial charge in [0.1, 0.15) is 0 Å². The van der Waals surface area contributed by atoms with Crippen molar-refractivity contribution in [1.82, 2.24) is 31.9 Å². The fourth-order valence-corrected chi connectivity index (χ4v) is 6.50. The highest BCUT2D eigenvalue weighted by Gasteiger charge is 2.27. The SMILES string of the molecule is O=C(NC1CCCCC1)N[C@H]1CC[C@H](NC(=O)N[C@H]2CC[C@H](NC(=O)NC3CCCCC3)CC2)CC1. The summed E-state index contributed by atoms with van der Waals surface area (Å²) in [5.41, 5.74) is 0. The highest BCUT2D eigenvalue weighted by atomic mass is 16.2. The molecule has 4 aliphatic rings. The Bertz CT molecular complexity index is 648. The van der Waals surface area contributed by atoms with Crippen molar-refractivity contribution in [2.24, 2.45) is 0 Å². The second-order valence-electron chi connectivity index (χ2n) is 11.6. The second kappa shape index (κ2) is 13.9. The molecule has 0 aromatic carbocycles. The van der Waals surface area contributed by atoms with Crippen LogP contribution in [0, 0.1) is 0 Å². The molecule has 0 radical (unpaired) electrons. The van der Waals surface area contributed by atoms with Crippen LogP contribution in [0.3, 0.4) is 0 Å². The number of carbonyl (C=O) groups excluding carboxylic acids is 3. The molecule has 204 valence electrons. The number of carbonyl (C=O) groups is 3. The van der Waals surface area contributed by atoms with Gasteiger partial charge < -0.3 is 31.9 Å².